The first-order valence-corrected chi connectivity index (χ1v) is 9.14. The van der Waals surface area contributed by atoms with Crippen molar-refractivity contribution in [1.29, 1.82) is 0 Å². The van der Waals surface area contributed by atoms with E-state index in [1.807, 2.05) is 0 Å². The number of rotatable bonds is 5. The van der Waals surface area contributed by atoms with E-state index in [0.717, 1.165) is 12.1 Å². The molecule has 2 heterocycles. The van der Waals surface area contributed by atoms with Gasteiger partial charge in [0.05, 0.1) is 5.69 Å². The van der Waals surface area contributed by atoms with Gasteiger partial charge in [-0.25, -0.2) is 23.2 Å². The third kappa shape index (κ3) is 3.80. The third-order valence-electron chi connectivity index (χ3n) is 4.49. The zero-order chi connectivity index (χ0) is 22.1. The first kappa shape index (κ1) is 20.4. The quantitative estimate of drug-likeness (QED) is 0.287. The van der Waals surface area contributed by atoms with Crippen LogP contribution in [0, 0.1) is 17.5 Å². The molecule has 158 valence electrons. The fraction of sp³-hybridized carbons (Fsp3) is 0.0952. The lowest BCUT2D eigenvalue weighted by molar-refractivity contribution is 0.319. The van der Waals surface area contributed by atoms with Crippen LogP contribution in [-0.4, -0.2) is 44.6 Å². The molecule has 0 fully saturated rings. The molecule has 31 heavy (non-hydrogen) atoms. The van der Waals surface area contributed by atoms with Crippen LogP contribution >= 0.6 is 0 Å². The maximum Gasteiger partial charge on any atom is 0.239 e. The van der Waals surface area contributed by atoms with Crippen molar-refractivity contribution in [3.63, 3.8) is 0 Å². The highest BCUT2D eigenvalue weighted by molar-refractivity contribution is 6.14. The number of halogens is 3. The summed E-state index contributed by atoms with van der Waals surface area (Å²) in [6, 6.07) is 10.2. The molecule has 0 aliphatic rings. The molecule has 0 spiro atoms. The van der Waals surface area contributed by atoms with Crippen LogP contribution in [0.5, 0.6) is 0 Å². The Labute approximate surface area is 175 Å². The molecule has 0 saturated carbocycles. The van der Waals surface area contributed by atoms with Crippen LogP contribution in [0.2, 0.25) is 0 Å². The highest BCUT2D eigenvalue weighted by atomic mass is 19.1. The molecule has 0 atom stereocenters. The lowest BCUT2D eigenvalue weighted by atomic mass is 10.1. The second-order valence-electron chi connectivity index (χ2n) is 6.87. The Bertz CT molecular complexity index is 1260. The summed E-state index contributed by atoms with van der Waals surface area (Å²) in [4.78, 5) is 8.58. The summed E-state index contributed by atoms with van der Waals surface area (Å²) in [7, 11) is 3.47. The molecule has 0 bridgehead atoms. The van der Waals surface area contributed by atoms with E-state index in [-0.39, 0.29) is 23.0 Å². The summed E-state index contributed by atoms with van der Waals surface area (Å²) in [5.41, 5.74) is 3.12. The number of fused-ring (bicyclic) bond motifs is 1. The maximum absolute atomic E-state index is 14.8. The van der Waals surface area contributed by atoms with E-state index in [0.29, 0.717) is 10.9 Å². The molecule has 0 aliphatic carbocycles. The van der Waals surface area contributed by atoms with Crippen molar-refractivity contribution in [3.8, 4) is 5.69 Å². The van der Waals surface area contributed by atoms with Gasteiger partial charge >= 0.3 is 0 Å². The van der Waals surface area contributed by atoms with E-state index >= 15 is 0 Å². The van der Waals surface area contributed by atoms with Gasteiger partial charge in [0.2, 0.25) is 5.95 Å². The fourth-order valence-electron chi connectivity index (χ4n) is 3.21. The van der Waals surface area contributed by atoms with E-state index in [2.05, 4.69) is 20.5 Å². The smallest absolute Gasteiger partial charge is 0.239 e. The number of hydrogen-bond acceptors (Lipinski definition) is 6. The van der Waals surface area contributed by atoms with Gasteiger partial charge in [-0.05, 0) is 42.5 Å². The van der Waals surface area contributed by atoms with Crippen LogP contribution in [0.3, 0.4) is 0 Å². The minimum Gasteiger partial charge on any atom is -0.410 e. The van der Waals surface area contributed by atoms with Gasteiger partial charge in [-0.15, -0.1) is 0 Å². The second-order valence-corrected chi connectivity index (χ2v) is 6.87. The predicted octanol–water partition coefficient (Wildman–Crippen LogP) is 3.95. The number of nitrogens with one attached hydrogen (secondary N) is 1. The summed E-state index contributed by atoms with van der Waals surface area (Å²) in [6.07, 6.45) is 1.48. The highest BCUT2D eigenvalue weighted by Crippen LogP contribution is 2.29. The molecule has 0 saturated heterocycles. The number of oxime groups is 1. The molecule has 2 aromatic carbocycles. The minimum absolute atomic E-state index is 0.0252. The Hall–Kier alpha value is -3.92. The second kappa shape index (κ2) is 8.07. The Kier molecular flexibility index (Phi) is 5.30. The summed E-state index contributed by atoms with van der Waals surface area (Å²) in [5.74, 6) is -1.96. The van der Waals surface area contributed by atoms with E-state index in [1.54, 1.807) is 25.2 Å². The molecular weight excluding hydrogens is 409 g/mol. The molecule has 0 aliphatic heterocycles. The topological polar surface area (TPSA) is 78.6 Å². The van der Waals surface area contributed by atoms with E-state index in [9.17, 15) is 18.4 Å². The molecule has 2 aromatic heterocycles. The van der Waals surface area contributed by atoms with E-state index in [4.69, 9.17) is 0 Å². The van der Waals surface area contributed by atoms with Gasteiger partial charge in [0, 0.05) is 31.2 Å². The van der Waals surface area contributed by atoms with Crippen molar-refractivity contribution in [2.24, 2.45) is 5.16 Å². The van der Waals surface area contributed by atoms with Gasteiger partial charge in [0.25, 0.3) is 0 Å². The predicted molar refractivity (Wildman–Crippen MR) is 110 cm³/mol. The van der Waals surface area contributed by atoms with Crippen molar-refractivity contribution >= 4 is 22.7 Å². The first-order valence-electron chi connectivity index (χ1n) is 9.14. The van der Waals surface area contributed by atoms with Crippen LogP contribution in [-0.2, 0) is 0 Å². The van der Waals surface area contributed by atoms with Gasteiger partial charge < -0.3 is 5.21 Å². The normalized spacial score (nSPS) is 12.0. The summed E-state index contributed by atoms with van der Waals surface area (Å²) >= 11 is 0. The van der Waals surface area contributed by atoms with Crippen LogP contribution in [0.1, 0.15) is 11.3 Å². The lowest BCUT2D eigenvalue weighted by Gasteiger charge is -2.14. The van der Waals surface area contributed by atoms with Crippen molar-refractivity contribution in [3.05, 3.63) is 83.4 Å². The van der Waals surface area contributed by atoms with Crippen LogP contribution in [0.4, 0.5) is 19.1 Å². The van der Waals surface area contributed by atoms with Gasteiger partial charge in [-0.3, -0.25) is 9.99 Å². The molecule has 0 unspecified atom stereocenters. The molecule has 2 N–H and O–H groups in total. The molecule has 4 rings (SSSR count). The van der Waals surface area contributed by atoms with Crippen LogP contribution in [0.15, 0.2) is 59.9 Å². The summed E-state index contributed by atoms with van der Waals surface area (Å²) < 4.78 is 44.1. The standard InChI is InChI=1S/C21H17F3N6O/c1-29(2)27-21-25-11-13-10-17(18(28-31)12-6-8-14(22)9-7-12)30(20(13)26-21)19-15(23)4-3-5-16(19)24/h3-11,31H,1-2H3,(H,25,26,27)/b28-18+. The molecule has 0 amide bonds. The molecule has 4 aromatic rings. The first-order chi connectivity index (χ1) is 14.9. The number of aromatic nitrogens is 3. The maximum atomic E-state index is 14.8. The van der Waals surface area contributed by atoms with Gasteiger partial charge in [-0.2, -0.15) is 4.98 Å². The van der Waals surface area contributed by atoms with E-state index in [1.165, 1.54) is 41.1 Å². The lowest BCUT2D eigenvalue weighted by Crippen LogP contribution is -2.21. The average Bonchev–Trinajstić information content (AvgIpc) is 3.08. The highest BCUT2D eigenvalue weighted by Gasteiger charge is 2.23. The Balaban J connectivity index is 2.04. The number of benzene rings is 2. The number of para-hydroxylation sites is 1. The van der Waals surface area contributed by atoms with Gasteiger partial charge in [-0.1, -0.05) is 11.2 Å². The monoisotopic (exact) mass is 426 g/mol. The zero-order valence-corrected chi connectivity index (χ0v) is 16.5. The Morgan fingerprint density at radius 2 is 1.74 bits per heavy atom. The largest absolute Gasteiger partial charge is 0.410 e. The molecule has 0 radical (unpaired) electrons. The van der Waals surface area contributed by atoms with Crippen LogP contribution in [0.25, 0.3) is 16.7 Å². The van der Waals surface area contributed by atoms with Crippen molar-refractivity contribution in [2.75, 3.05) is 19.5 Å². The summed E-state index contributed by atoms with van der Waals surface area (Å²) in [6.45, 7) is 0. The summed E-state index contributed by atoms with van der Waals surface area (Å²) in [5, 5.41) is 15.1. The average molecular weight is 426 g/mol. The van der Waals surface area contributed by atoms with Gasteiger partial charge in [0.15, 0.2) is 5.65 Å². The Morgan fingerprint density at radius 1 is 1.06 bits per heavy atom. The van der Waals surface area contributed by atoms with Crippen molar-refractivity contribution < 1.29 is 18.4 Å². The number of anilines is 1. The number of nitrogens with zero attached hydrogens (tertiary/aromatic N) is 5. The Morgan fingerprint density at radius 3 is 2.35 bits per heavy atom. The fourth-order valence-corrected chi connectivity index (χ4v) is 3.21. The van der Waals surface area contributed by atoms with Crippen molar-refractivity contribution in [1.82, 2.24) is 19.5 Å². The van der Waals surface area contributed by atoms with E-state index < -0.39 is 23.1 Å². The number of hydrogen-bond donors (Lipinski definition) is 2. The van der Waals surface area contributed by atoms with Crippen LogP contribution < -0.4 is 5.43 Å². The number of hydrazine groups is 1. The molecule has 7 nitrogen and oxygen atoms in total. The molecular formula is C21H17F3N6O. The van der Waals surface area contributed by atoms with Crippen molar-refractivity contribution in [2.45, 2.75) is 0 Å². The SMILES string of the molecule is CN(C)Nc1ncc2cc(/C(=N/O)c3ccc(F)cc3)n(-c3c(F)cccc3F)c2n1. The third-order valence-corrected chi connectivity index (χ3v) is 4.49. The zero-order valence-electron chi connectivity index (χ0n) is 16.5. The molecule has 10 heteroatoms. The minimum atomic E-state index is -0.837. The van der Waals surface area contributed by atoms with Gasteiger partial charge in [0.1, 0.15) is 28.9 Å².